The van der Waals surface area contributed by atoms with E-state index in [1.807, 2.05) is 0 Å². The van der Waals surface area contributed by atoms with E-state index in [2.05, 4.69) is 4.98 Å². The second-order valence-corrected chi connectivity index (χ2v) is 3.58. The molecule has 0 aliphatic heterocycles. The zero-order valence-electron chi connectivity index (χ0n) is 9.55. The number of halogens is 1. The average Bonchev–Trinajstić information content (AvgIpc) is 2.39. The number of benzene rings is 1. The van der Waals surface area contributed by atoms with Crippen LogP contribution in [0.25, 0.3) is 11.3 Å². The van der Waals surface area contributed by atoms with Crippen LogP contribution in [0.4, 0.5) is 4.39 Å². The Morgan fingerprint density at radius 2 is 2.11 bits per heavy atom. The molecule has 0 spiro atoms. The van der Waals surface area contributed by atoms with Gasteiger partial charge in [0.2, 0.25) is 0 Å². The lowest BCUT2D eigenvalue weighted by molar-refractivity contribution is 0.0696. The molecule has 1 N–H and O–H groups in total. The standard InChI is InChI=1S/C13H10FNO3/c1-18-12-5-3-9(14)6-10(12)11-4-2-8(7-15-11)13(16)17/h2-7H,1H3,(H,16,17). The molecule has 4 nitrogen and oxygen atoms in total. The SMILES string of the molecule is COc1ccc(F)cc1-c1ccc(C(=O)O)cn1. The first-order chi connectivity index (χ1) is 8.61. The number of methoxy groups -OCH3 is 1. The maximum atomic E-state index is 13.2. The minimum absolute atomic E-state index is 0.0779. The van der Waals surface area contributed by atoms with Gasteiger partial charge in [0.15, 0.2) is 0 Å². The fourth-order valence-electron chi connectivity index (χ4n) is 1.56. The van der Waals surface area contributed by atoms with Crippen molar-refractivity contribution in [1.29, 1.82) is 0 Å². The van der Waals surface area contributed by atoms with Gasteiger partial charge >= 0.3 is 5.97 Å². The van der Waals surface area contributed by atoms with Crippen LogP contribution in [0, 0.1) is 5.82 Å². The van der Waals surface area contributed by atoms with Crippen LogP contribution in [0.1, 0.15) is 10.4 Å². The molecule has 0 fully saturated rings. The maximum Gasteiger partial charge on any atom is 0.337 e. The molecule has 0 atom stereocenters. The Labute approximate surface area is 103 Å². The third-order valence-corrected chi connectivity index (χ3v) is 2.45. The predicted molar refractivity (Wildman–Crippen MR) is 63.1 cm³/mol. The van der Waals surface area contributed by atoms with E-state index in [0.717, 1.165) is 0 Å². The van der Waals surface area contributed by atoms with Gasteiger partial charge in [0, 0.05) is 11.8 Å². The Kier molecular flexibility index (Phi) is 3.23. The molecule has 92 valence electrons. The van der Waals surface area contributed by atoms with Gasteiger partial charge in [-0.1, -0.05) is 0 Å². The third kappa shape index (κ3) is 2.29. The van der Waals surface area contributed by atoms with Gasteiger partial charge in [-0.05, 0) is 30.3 Å². The third-order valence-electron chi connectivity index (χ3n) is 2.45. The molecular weight excluding hydrogens is 237 g/mol. The van der Waals surface area contributed by atoms with E-state index < -0.39 is 11.8 Å². The Bertz CT molecular complexity index is 581. The van der Waals surface area contributed by atoms with Crippen LogP contribution in [0.15, 0.2) is 36.5 Å². The molecule has 0 saturated heterocycles. The fraction of sp³-hybridized carbons (Fsp3) is 0.0769. The highest BCUT2D eigenvalue weighted by atomic mass is 19.1. The van der Waals surface area contributed by atoms with E-state index in [-0.39, 0.29) is 5.56 Å². The Morgan fingerprint density at radius 3 is 2.67 bits per heavy atom. The maximum absolute atomic E-state index is 13.2. The van der Waals surface area contributed by atoms with Crippen LogP contribution in [0.2, 0.25) is 0 Å². The summed E-state index contributed by atoms with van der Waals surface area (Å²) in [5.74, 6) is -0.984. The largest absolute Gasteiger partial charge is 0.496 e. The first kappa shape index (κ1) is 12.0. The summed E-state index contributed by atoms with van der Waals surface area (Å²) < 4.78 is 18.3. The van der Waals surface area contributed by atoms with Crippen LogP contribution in [0.3, 0.4) is 0 Å². The molecule has 0 saturated carbocycles. The van der Waals surface area contributed by atoms with E-state index in [9.17, 15) is 9.18 Å². The number of carbonyl (C=O) groups is 1. The van der Waals surface area contributed by atoms with E-state index in [1.54, 1.807) is 0 Å². The molecular formula is C13H10FNO3. The number of pyridine rings is 1. The van der Waals surface area contributed by atoms with Crippen LogP contribution in [-0.2, 0) is 0 Å². The lowest BCUT2D eigenvalue weighted by Crippen LogP contribution is -1.98. The van der Waals surface area contributed by atoms with Crippen LogP contribution in [0.5, 0.6) is 5.75 Å². The van der Waals surface area contributed by atoms with Gasteiger partial charge in [-0.2, -0.15) is 0 Å². The summed E-state index contributed by atoms with van der Waals surface area (Å²) in [6, 6.07) is 7.00. The van der Waals surface area contributed by atoms with Gasteiger partial charge < -0.3 is 9.84 Å². The lowest BCUT2D eigenvalue weighted by Gasteiger charge is -2.08. The lowest BCUT2D eigenvalue weighted by atomic mass is 10.1. The van der Waals surface area contributed by atoms with Crippen molar-refractivity contribution < 1.29 is 19.0 Å². The normalized spacial score (nSPS) is 10.1. The molecule has 0 radical (unpaired) electrons. The fourth-order valence-corrected chi connectivity index (χ4v) is 1.56. The Morgan fingerprint density at radius 1 is 1.33 bits per heavy atom. The summed E-state index contributed by atoms with van der Waals surface area (Å²) in [5, 5.41) is 8.77. The summed E-state index contributed by atoms with van der Waals surface area (Å²) in [6.45, 7) is 0. The van der Waals surface area contributed by atoms with Crippen LogP contribution in [-0.4, -0.2) is 23.2 Å². The van der Waals surface area contributed by atoms with Crippen molar-refractivity contribution >= 4 is 5.97 Å². The number of carboxylic acid groups (broad SMARTS) is 1. The first-order valence-electron chi connectivity index (χ1n) is 5.15. The highest BCUT2D eigenvalue weighted by molar-refractivity contribution is 5.87. The van der Waals surface area contributed by atoms with Crippen molar-refractivity contribution in [2.24, 2.45) is 0 Å². The number of hydrogen-bond acceptors (Lipinski definition) is 3. The molecule has 0 unspecified atom stereocenters. The highest BCUT2D eigenvalue weighted by Crippen LogP contribution is 2.29. The van der Waals surface area contributed by atoms with Crippen LogP contribution < -0.4 is 4.74 Å². The predicted octanol–water partition coefficient (Wildman–Crippen LogP) is 2.59. The van der Waals surface area contributed by atoms with E-state index >= 15 is 0 Å². The zero-order valence-corrected chi connectivity index (χ0v) is 9.55. The van der Waals surface area contributed by atoms with Gasteiger partial charge in [0.05, 0.1) is 18.4 Å². The smallest absolute Gasteiger partial charge is 0.337 e. The summed E-state index contributed by atoms with van der Waals surface area (Å²) in [4.78, 5) is 14.7. The monoisotopic (exact) mass is 247 g/mol. The number of aromatic carboxylic acids is 1. The summed E-state index contributed by atoms with van der Waals surface area (Å²) in [6.07, 6.45) is 1.22. The van der Waals surface area contributed by atoms with Crippen molar-refractivity contribution in [2.45, 2.75) is 0 Å². The van der Waals surface area contributed by atoms with Crippen molar-refractivity contribution in [3.8, 4) is 17.0 Å². The summed E-state index contributed by atoms with van der Waals surface area (Å²) in [5.41, 5.74) is 1.01. The molecule has 5 heteroatoms. The molecule has 0 amide bonds. The molecule has 18 heavy (non-hydrogen) atoms. The summed E-state index contributed by atoms with van der Waals surface area (Å²) in [7, 11) is 1.47. The van der Waals surface area contributed by atoms with Crippen molar-refractivity contribution in [3.63, 3.8) is 0 Å². The molecule has 0 aliphatic carbocycles. The zero-order chi connectivity index (χ0) is 13.1. The van der Waals surface area contributed by atoms with Crippen LogP contribution >= 0.6 is 0 Å². The number of nitrogens with zero attached hydrogens (tertiary/aromatic N) is 1. The minimum Gasteiger partial charge on any atom is -0.496 e. The van der Waals surface area contributed by atoms with E-state index in [0.29, 0.717) is 17.0 Å². The highest BCUT2D eigenvalue weighted by Gasteiger charge is 2.10. The Balaban J connectivity index is 2.48. The average molecular weight is 247 g/mol. The minimum atomic E-state index is -1.06. The number of rotatable bonds is 3. The first-order valence-corrected chi connectivity index (χ1v) is 5.15. The molecule has 0 aliphatic rings. The van der Waals surface area contributed by atoms with Gasteiger partial charge in [-0.15, -0.1) is 0 Å². The molecule has 1 aromatic heterocycles. The van der Waals surface area contributed by atoms with E-state index in [4.69, 9.17) is 9.84 Å². The van der Waals surface area contributed by atoms with Crippen molar-refractivity contribution in [3.05, 3.63) is 47.9 Å². The van der Waals surface area contributed by atoms with E-state index in [1.165, 1.54) is 43.6 Å². The van der Waals surface area contributed by atoms with Gasteiger partial charge in [0.1, 0.15) is 11.6 Å². The Hall–Kier alpha value is -2.43. The molecule has 2 rings (SSSR count). The summed E-state index contributed by atoms with van der Waals surface area (Å²) >= 11 is 0. The van der Waals surface area contributed by atoms with Gasteiger partial charge in [0.25, 0.3) is 0 Å². The van der Waals surface area contributed by atoms with Gasteiger partial charge in [-0.25, -0.2) is 9.18 Å². The number of ether oxygens (including phenoxy) is 1. The molecule has 0 bridgehead atoms. The van der Waals surface area contributed by atoms with Crippen molar-refractivity contribution in [2.75, 3.05) is 7.11 Å². The number of hydrogen-bond donors (Lipinski definition) is 1. The topological polar surface area (TPSA) is 59.4 Å². The van der Waals surface area contributed by atoms with Gasteiger partial charge in [-0.3, -0.25) is 4.98 Å². The second kappa shape index (κ2) is 4.83. The quantitative estimate of drug-likeness (QED) is 0.905. The second-order valence-electron chi connectivity index (χ2n) is 3.58. The molecule has 2 aromatic rings. The molecule has 1 aromatic carbocycles. The molecule has 1 heterocycles. The number of carboxylic acids is 1. The van der Waals surface area contributed by atoms with Crippen molar-refractivity contribution in [1.82, 2.24) is 4.98 Å². The number of aromatic nitrogens is 1.